The number of amides is 1. The molecule has 0 aliphatic rings. The minimum absolute atomic E-state index is 0.0757. The minimum atomic E-state index is -0.934. The molecule has 0 atom stereocenters. The summed E-state index contributed by atoms with van der Waals surface area (Å²) in [6.07, 6.45) is 0.180. The number of carbonyl (C=O) groups excluding carboxylic acids is 2. The molecule has 1 amide bonds. The van der Waals surface area contributed by atoms with E-state index in [2.05, 4.69) is 0 Å². The lowest BCUT2D eigenvalue weighted by atomic mass is 10.1. The highest BCUT2D eigenvalue weighted by atomic mass is 16.4. The van der Waals surface area contributed by atoms with Crippen molar-refractivity contribution in [1.82, 2.24) is 4.90 Å². The summed E-state index contributed by atoms with van der Waals surface area (Å²) >= 11 is 0. The van der Waals surface area contributed by atoms with Crippen molar-refractivity contribution in [3.05, 3.63) is 35.9 Å². The maximum Gasteiger partial charge on any atom is 0.305 e. The number of nitrogens with zero attached hydrogens (tertiary/aromatic N) is 1. The fraction of sp³-hybridized carbons (Fsp3) is 0.400. The third-order valence-electron chi connectivity index (χ3n) is 2.99. The number of hydrogen-bond acceptors (Lipinski definition) is 3. The van der Waals surface area contributed by atoms with Crippen LogP contribution >= 0.6 is 0 Å². The Balaban J connectivity index is 2.45. The van der Waals surface area contributed by atoms with Crippen LogP contribution in [-0.4, -0.2) is 40.8 Å². The molecule has 0 unspecified atom stereocenters. The third kappa shape index (κ3) is 5.22. The first-order valence-corrected chi connectivity index (χ1v) is 6.62. The van der Waals surface area contributed by atoms with Crippen LogP contribution in [0.3, 0.4) is 0 Å². The van der Waals surface area contributed by atoms with Crippen molar-refractivity contribution in [1.29, 1.82) is 0 Å². The molecule has 0 bridgehead atoms. The second-order valence-electron chi connectivity index (χ2n) is 4.41. The molecule has 0 fully saturated rings. The Morgan fingerprint density at radius 3 is 2.25 bits per heavy atom. The van der Waals surface area contributed by atoms with Crippen LogP contribution in [0.25, 0.3) is 0 Å². The second-order valence-corrected chi connectivity index (χ2v) is 4.41. The van der Waals surface area contributed by atoms with Crippen molar-refractivity contribution in [2.24, 2.45) is 0 Å². The maximum absolute atomic E-state index is 11.9. The Morgan fingerprint density at radius 1 is 1.05 bits per heavy atom. The first kappa shape index (κ1) is 15.9. The number of carboxylic acids is 1. The molecule has 20 heavy (non-hydrogen) atoms. The fourth-order valence-electron chi connectivity index (χ4n) is 1.84. The van der Waals surface area contributed by atoms with Crippen LogP contribution in [0, 0.1) is 0 Å². The van der Waals surface area contributed by atoms with Crippen LogP contribution in [0.4, 0.5) is 0 Å². The third-order valence-corrected chi connectivity index (χ3v) is 2.99. The zero-order valence-electron chi connectivity index (χ0n) is 11.5. The van der Waals surface area contributed by atoms with Crippen LogP contribution in [0.2, 0.25) is 0 Å². The molecule has 1 rings (SSSR count). The molecule has 1 aromatic carbocycles. The largest absolute Gasteiger partial charge is 0.481 e. The monoisotopic (exact) mass is 277 g/mol. The lowest BCUT2D eigenvalue weighted by molar-refractivity contribution is -0.138. The van der Waals surface area contributed by atoms with Crippen molar-refractivity contribution in [2.75, 3.05) is 13.1 Å². The van der Waals surface area contributed by atoms with Gasteiger partial charge in [0.2, 0.25) is 5.91 Å². The van der Waals surface area contributed by atoms with E-state index in [-0.39, 0.29) is 37.5 Å². The summed E-state index contributed by atoms with van der Waals surface area (Å²) in [5, 5.41) is 8.61. The minimum Gasteiger partial charge on any atom is -0.481 e. The Bertz CT molecular complexity index is 470. The van der Waals surface area contributed by atoms with Gasteiger partial charge in [0.25, 0.3) is 0 Å². The van der Waals surface area contributed by atoms with E-state index < -0.39 is 5.97 Å². The topological polar surface area (TPSA) is 74.7 Å². The summed E-state index contributed by atoms with van der Waals surface area (Å²) in [4.78, 5) is 35.7. The van der Waals surface area contributed by atoms with E-state index in [1.54, 1.807) is 31.2 Å². The number of Topliss-reactive ketones (excluding diaryl/α,β-unsaturated/α-hetero) is 1. The summed E-state index contributed by atoms with van der Waals surface area (Å²) in [5.74, 6) is -1.19. The van der Waals surface area contributed by atoms with Crippen LogP contribution < -0.4 is 0 Å². The van der Waals surface area contributed by atoms with Crippen LogP contribution in [0.1, 0.15) is 36.5 Å². The highest BCUT2D eigenvalue weighted by molar-refractivity contribution is 5.97. The molecular weight excluding hydrogens is 258 g/mol. The number of benzene rings is 1. The Hall–Kier alpha value is -2.17. The van der Waals surface area contributed by atoms with Gasteiger partial charge in [-0.25, -0.2) is 0 Å². The summed E-state index contributed by atoms with van der Waals surface area (Å²) < 4.78 is 0. The van der Waals surface area contributed by atoms with Gasteiger partial charge < -0.3 is 10.0 Å². The van der Waals surface area contributed by atoms with E-state index in [9.17, 15) is 14.4 Å². The molecule has 0 radical (unpaired) electrons. The normalized spacial score (nSPS) is 10.1. The number of aliphatic carboxylic acids is 1. The quantitative estimate of drug-likeness (QED) is 0.737. The van der Waals surface area contributed by atoms with E-state index in [0.29, 0.717) is 12.1 Å². The van der Waals surface area contributed by atoms with Gasteiger partial charge in [-0.1, -0.05) is 30.3 Å². The van der Waals surface area contributed by atoms with Gasteiger partial charge in [-0.3, -0.25) is 14.4 Å². The molecule has 0 spiro atoms. The van der Waals surface area contributed by atoms with Crippen molar-refractivity contribution in [3.8, 4) is 0 Å². The fourth-order valence-corrected chi connectivity index (χ4v) is 1.84. The summed E-state index contributed by atoms with van der Waals surface area (Å²) in [7, 11) is 0. The van der Waals surface area contributed by atoms with Gasteiger partial charge in [0, 0.05) is 31.5 Å². The average Bonchev–Trinajstić information content (AvgIpc) is 2.46. The molecule has 1 N–H and O–H groups in total. The maximum atomic E-state index is 11.9. The van der Waals surface area contributed by atoms with E-state index in [1.807, 2.05) is 6.07 Å². The van der Waals surface area contributed by atoms with Crippen LogP contribution in [0.15, 0.2) is 30.3 Å². The Morgan fingerprint density at radius 2 is 1.70 bits per heavy atom. The number of ketones is 1. The molecule has 5 nitrogen and oxygen atoms in total. The lowest BCUT2D eigenvalue weighted by Gasteiger charge is -2.19. The van der Waals surface area contributed by atoms with Gasteiger partial charge in [0.1, 0.15) is 0 Å². The van der Waals surface area contributed by atoms with Crippen LogP contribution in [-0.2, 0) is 9.59 Å². The molecule has 108 valence electrons. The van der Waals surface area contributed by atoms with Gasteiger partial charge in [-0.2, -0.15) is 0 Å². The van der Waals surface area contributed by atoms with E-state index in [0.717, 1.165) is 0 Å². The number of carboxylic acid groups (broad SMARTS) is 1. The second kappa shape index (κ2) is 8.09. The molecule has 0 saturated heterocycles. The molecule has 0 heterocycles. The summed E-state index contributed by atoms with van der Waals surface area (Å²) in [6.45, 7) is 2.43. The molecule has 0 aromatic heterocycles. The van der Waals surface area contributed by atoms with Crippen molar-refractivity contribution in [2.45, 2.75) is 26.2 Å². The predicted molar refractivity (Wildman–Crippen MR) is 74.5 cm³/mol. The molecular formula is C15H19NO4. The van der Waals surface area contributed by atoms with Crippen LogP contribution in [0.5, 0.6) is 0 Å². The zero-order valence-corrected chi connectivity index (χ0v) is 11.5. The van der Waals surface area contributed by atoms with Gasteiger partial charge in [-0.15, -0.1) is 0 Å². The zero-order chi connectivity index (χ0) is 15.0. The molecule has 0 saturated carbocycles. The Kier molecular flexibility index (Phi) is 6.43. The van der Waals surface area contributed by atoms with E-state index >= 15 is 0 Å². The van der Waals surface area contributed by atoms with Crippen molar-refractivity contribution >= 4 is 17.7 Å². The molecule has 5 heteroatoms. The molecule has 0 aliphatic heterocycles. The van der Waals surface area contributed by atoms with Gasteiger partial charge >= 0.3 is 5.97 Å². The summed E-state index contributed by atoms with van der Waals surface area (Å²) in [6, 6.07) is 8.82. The van der Waals surface area contributed by atoms with Crippen molar-refractivity contribution < 1.29 is 19.5 Å². The SMILES string of the molecule is CCN(CCC(=O)O)C(=O)CCC(=O)c1ccccc1. The van der Waals surface area contributed by atoms with Gasteiger partial charge in [-0.05, 0) is 6.92 Å². The average molecular weight is 277 g/mol. The number of rotatable bonds is 8. The highest BCUT2D eigenvalue weighted by Crippen LogP contribution is 2.07. The Labute approximate surface area is 118 Å². The highest BCUT2D eigenvalue weighted by Gasteiger charge is 2.15. The number of hydrogen-bond donors (Lipinski definition) is 1. The van der Waals surface area contributed by atoms with E-state index in [1.165, 1.54) is 4.90 Å². The predicted octanol–water partition coefficient (Wildman–Crippen LogP) is 1.97. The van der Waals surface area contributed by atoms with Crippen molar-refractivity contribution in [3.63, 3.8) is 0 Å². The first-order valence-electron chi connectivity index (χ1n) is 6.62. The smallest absolute Gasteiger partial charge is 0.305 e. The van der Waals surface area contributed by atoms with Gasteiger partial charge in [0.05, 0.1) is 6.42 Å². The van der Waals surface area contributed by atoms with E-state index in [4.69, 9.17) is 5.11 Å². The standard InChI is InChI=1S/C15H19NO4/c1-2-16(11-10-15(19)20)14(18)9-8-13(17)12-6-4-3-5-7-12/h3-7H,2,8-11H2,1H3,(H,19,20). The van der Waals surface area contributed by atoms with Gasteiger partial charge in [0.15, 0.2) is 5.78 Å². The summed E-state index contributed by atoms with van der Waals surface area (Å²) in [5.41, 5.74) is 0.592. The lowest BCUT2D eigenvalue weighted by Crippen LogP contribution is -2.33. The first-order chi connectivity index (χ1) is 9.54. The molecule has 1 aromatic rings. The molecule has 0 aliphatic carbocycles. The number of carbonyl (C=O) groups is 3.